The predicted molar refractivity (Wildman–Crippen MR) is 80.4 cm³/mol. The molecule has 22 heavy (non-hydrogen) atoms. The third-order valence-electron chi connectivity index (χ3n) is 3.03. The van der Waals surface area contributed by atoms with Gasteiger partial charge in [0.15, 0.2) is 0 Å². The molecule has 0 atom stereocenters. The third-order valence-corrected chi connectivity index (χ3v) is 3.03. The van der Waals surface area contributed by atoms with Crippen molar-refractivity contribution in [3.8, 4) is 5.75 Å². The van der Waals surface area contributed by atoms with Gasteiger partial charge in [0.05, 0.1) is 16.7 Å². The minimum absolute atomic E-state index is 0.0738. The predicted octanol–water partition coefficient (Wildman–Crippen LogP) is 0.444. The summed E-state index contributed by atoms with van der Waals surface area (Å²) in [6, 6.07) is 9.10. The second-order valence-corrected chi connectivity index (χ2v) is 4.54. The molecule has 2 aromatic carbocycles. The van der Waals surface area contributed by atoms with Gasteiger partial charge >= 0.3 is 7.12 Å². The highest BCUT2D eigenvalue weighted by molar-refractivity contribution is 6.58. The van der Waals surface area contributed by atoms with E-state index >= 15 is 0 Å². The van der Waals surface area contributed by atoms with Gasteiger partial charge < -0.3 is 20.1 Å². The zero-order valence-corrected chi connectivity index (χ0v) is 11.4. The van der Waals surface area contributed by atoms with E-state index in [1.54, 1.807) is 12.1 Å². The largest absolute Gasteiger partial charge is 0.496 e. The molecule has 0 saturated heterocycles. The maximum absolute atomic E-state index is 13.4. The van der Waals surface area contributed by atoms with Gasteiger partial charge in [0, 0.05) is 6.54 Å². The Morgan fingerprint density at radius 3 is 2.68 bits per heavy atom. The van der Waals surface area contributed by atoms with Crippen LogP contribution in [0.5, 0.6) is 5.75 Å². The summed E-state index contributed by atoms with van der Waals surface area (Å²) in [7, 11) is -4.36. The van der Waals surface area contributed by atoms with Crippen molar-refractivity contribution in [3.63, 3.8) is 0 Å². The molecule has 0 aromatic heterocycles. The maximum Gasteiger partial charge on any atom is 0.488 e. The van der Waals surface area contributed by atoms with E-state index in [0.29, 0.717) is 11.0 Å². The fourth-order valence-electron chi connectivity index (χ4n) is 1.85. The molecule has 5 nitrogen and oxygen atoms in total. The van der Waals surface area contributed by atoms with Crippen LogP contribution in [-0.4, -0.2) is 30.1 Å². The van der Waals surface area contributed by atoms with Crippen LogP contribution in [0.2, 0.25) is 0 Å². The quantitative estimate of drug-likeness (QED) is 0.701. The lowest BCUT2D eigenvalue weighted by molar-refractivity contribution is 0.0947. The van der Waals surface area contributed by atoms with Crippen LogP contribution in [0, 0.1) is 5.82 Å². The lowest BCUT2D eigenvalue weighted by atomic mass is 9.80. The van der Waals surface area contributed by atoms with Crippen LogP contribution in [-0.2, 0) is 6.54 Å². The average molecular weight is 306 g/mol. The van der Waals surface area contributed by atoms with Gasteiger partial charge in [-0.2, -0.15) is 0 Å². The van der Waals surface area contributed by atoms with Crippen molar-refractivity contribution in [1.29, 1.82) is 0 Å². The van der Waals surface area contributed by atoms with Gasteiger partial charge in [-0.3, -0.25) is 4.79 Å². The molecule has 0 unspecified atom stereocenters. The van der Waals surface area contributed by atoms with E-state index < -0.39 is 25.9 Å². The number of carbonyl (C=O) groups is 1. The third kappa shape index (κ3) is 3.84. The normalized spacial score (nSPS) is 12.8. The molecule has 0 heterocycles. The Kier molecular flexibility index (Phi) is 3.91. The Morgan fingerprint density at radius 2 is 2.05 bits per heavy atom. The van der Waals surface area contributed by atoms with Crippen LogP contribution in [0.4, 0.5) is 4.39 Å². The summed E-state index contributed by atoms with van der Waals surface area (Å²) in [6.45, 7) is 0.0738. The van der Waals surface area contributed by atoms with Crippen LogP contribution in [0.1, 0.15) is 20.0 Å². The first-order valence-corrected chi connectivity index (χ1v) is 6.37. The molecule has 7 heteroatoms. The van der Waals surface area contributed by atoms with Gasteiger partial charge in [-0.25, -0.2) is 4.39 Å². The minimum Gasteiger partial charge on any atom is -0.496 e. The van der Waals surface area contributed by atoms with Crippen molar-refractivity contribution in [2.75, 3.05) is 7.04 Å². The molecular weight excluding hydrogens is 288 g/mol. The Labute approximate surface area is 131 Å². The Morgan fingerprint density at radius 1 is 1.32 bits per heavy atom. The molecule has 1 amide bonds. The molecule has 0 radical (unpaired) electrons. The van der Waals surface area contributed by atoms with Crippen molar-refractivity contribution < 1.29 is 28.1 Å². The molecule has 0 bridgehead atoms. The van der Waals surface area contributed by atoms with E-state index in [1.807, 2.05) is 0 Å². The molecule has 0 saturated carbocycles. The summed E-state index contributed by atoms with van der Waals surface area (Å²) >= 11 is 0. The molecule has 0 aliphatic heterocycles. The van der Waals surface area contributed by atoms with Crippen LogP contribution < -0.4 is 15.5 Å². The standard InChI is InChI=1S/C15H15BFNO4/c1-22-14-7-6-12(17)8-13(14)15(19)18-9-10-2-4-11(5-3-10)16(20)21/h2-8,20-21H,9H2,1H3,(H,18,19)/i1D3. The van der Waals surface area contributed by atoms with E-state index in [0.717, 1.165) is 18.2 Å². The van der Waals surface area contributed by atoms with Gasteiger partial charge in [0.2, 0.25) is 0 Å². The Hall–Kier alpha value is -2.38. The van der Waals surface area contributed by atoms with Crippen molar-refractivity contribution >= 4 is 18.5 Å². The van der Waals surface area contributed by atoms with E-state index in [2.05, 4.69) is 5.32 Å². The highest BCUT2D eigenvalue weighted by atomic mass is 19.1. The number of ether oxygens (including phenoxy) is 1. The van der Waals surface area contributed by atoms with Crippen LogP contribution in [0.25, 0.3) is 0 Å². The fourth-order valence-corrected chi connectivity index (χ4v) is 1.85. The highest BCUT2D eigenvalue weighted by Crippen LogP contribution is 2.19. The van der Waals surface area contributed by atoms with E-state index in [9.17, 15) is 9.18 Å². The molecular formula is C15H15BFNO4. The first-order chi connectivity index (χ1) is 11.7. The molecule has 0 spiro atoms. The summed E-state index contributed by atoms with van der Waals surface area (Å²) < 4.78 is 39.4. The van der Waals surface area contributed by atoms with E-state index in [4.69, 9.17) is 18.9 Å². The molecule has 2 rings (SSSR count). The SMILES string of the molecule is [2H]C([2H])([2H])Oc1ccc(F)cc1C(=O)NCc1ccc(B(O)O)cc1. The summed E-state index contributed by atoms with van der Waals surface area (Å²) in [5.74, 6) is -1.66. The Bertz CT molecular complexity index is 753. The van der Waals surface area contributed by atoms with Gasteiger partial charge in [0.25, 0.3) is 5.91 Å². The molecule has 3 N–H and O–H groups in total. The topological polar surface area (TPSA) is 78.8 Å². The number of carbonyl (C=O) groups excluding carboxylic acids is 1. The number of amides is 1. The second kappa shape index (κ2) is 7.06. The van der Waals surface area contributed by atoms with Crippen molar-refractivity contribution in [2.24, 2.45) is 0 Å². The zero-order valence-electron chi connectivity index (χ0n) is 14.4. The van der Waals surface area contributed by atoms with Crippen molar-refractivity contribution in [2.45, 2.75) is 6.54 Å². The highest BCUT2D eigenvalue weighted by Gasteiger charge is 2.14. The summed E-state index contributed by atoms with van der Waals surface area (Å²) in [5, 5.41) is 20.6. The number of halogens is 1. The van der Waals surface area contributed by atoms with E-state index in [-0.39, 0.29) is 17.9 Å². The first kappa shape index (κ1) is 12.2. The summed E-state index contributed by atoms with van der Waals surface area (Å²) in [4.78, 5) is 12.2. The smallest absolute Gasteiger partial charge is 0.488 e. The molecule has 2 aromatic rings. The summed E-state index contributed by atoms with van der Waals surface area (Å²) in [6.07, 6.45) is 0. The lowest BCUT2D eigenvalue weighted by Gasteiger charge is -2.10. The molecule has 0 fully saturated rings. The van der Waals surface area contributed by atoms with E-state index in [1.165, 1.54) is 12.1 Å². The number of hydrogen-bond donors (Lipinski definition) is 3. The second-order valence-electron chi connectivity index (χ2n) is 4.54. The van der Waals surface area contributed by atoms with Crippen LogP contribution in [0.3, 0.4) is 0 Å². The monoisotopic (exact) mass is 306 g/mol. The van der Waals surface area contributed by atoms with Crippen LogP contribution in [0.15, 0.2) is 42.5 Å². The molecule has 0 aliphatic rings. The molecule has 114 valence electrons. The minimum atomic E-state index is -2.77. The van der Waals surface area contributed by atoms with Gasteiger partial charge in [-0.1, -0.05) is 24.3 Å². The number of nitrogens with one attached hydrogen (secondary N) is 1. The zero-order chi connectivity index (χ0) is 18.6. The van der Waals surface area contributed by atoms with Crippen molar-refractivity contribution in [3.05, 3.63) is 59.4 Å². The maximum atomic E-state index is 13.4. The van der Waals surface area contributed by atoms with Gasteiger partial charge in [0.1, 0.15) is 11.6 Å². The number of hydrogen-bond acceptors (Lipinski definition) is 4. The van der Waals surface area contributed by atoms with Crippen molar-refractivity contribution in [1.82, 2.24) is 5.32 Å². The van der Waals surface area contributed by atoms with Gasteiger partial charge in [-0.05, 0) is 29.2 Å². The Balaban J connectivity index is 2.11. The molecule has 0 aliphatic carbocycles. The number of methoxy groups -OCH3 is 1. The number of benzene rings is 2. The average Bonchev–Trinajstić information content (AvgIpc) is 2.53. The number of rotatable bonds is 5. The first-order valence-electron chi connectivity index (χ1n) is 7.87. The van der Waals surface area contributed by atoms with Crippen LogP contribution >= 0.6 is 0 Å². The summed E-state index contributed by atoms with van der Waals surface area (Å²) in [5.41, 5.74) is 0.722. The van der Waals surface area contributed by atoms with Gasteiger partial charge in [-0.15, -0.1) is 0 Å². The lowest BCUT2D eigenvalue weighted by Crippen LogP contribution is -2.30. The fraction of sp³-hybridized carbons (Fsp3) is 0.133.